The Morgan fingerprint density at radius 1 is 1.21 bits per heavy atom. The molecule has 1 N–H and O–H groups in total. The number of hydrogen-bond acceptors (Lipinski definition) is 4. The Labute approximate surface area is 111 Å². The highest BCUT2D eigenvalue weighted by Gasteiger charge is 2.14. The van der Waals surface area contributed by atoms with Gasteiger partial charge in [0.2, 0.25) is 0 Å². The number of para-hydroxylation sites is 1. The lowest BCUT2D eigenvalue weighted by molar-refractivity contribution is -0.383. The van der Waals surface area contributed by atoms with Crippen molar-refractivity contribution in [2.24, 2.45) is 0 Å². The Morgan fingerprint density at radius 2 is 1.95 bits per heavy atom. The summed E-state index contributed by atoms with van der Waals surface area (Å²) >= 11 is 0. The zero-order valence-electron chi connectivity index (χ0n) is 10.5. The molecule has 0 aromatic heterocycles. The molecule has 0 amide bonds. The fraction of sp³-hybridized carbons (Fsp3) is 0.143. The Bertz CT molecular complexity index is 570. The highest BCUT2D eigenvalue weighted by atomic mass is 16.6. The molecule has 0 saturated heterocycles. The average Bonchev–Trinajstić information content (AvgIpc) is 2.40. The van der Waals surface area contributed by atoms with E-state index in [4.69, 9.17) is 4.74 Å². The predicted octanol–water partition coefficient (Wildman–Crippen LogP) is 3.74. The van der Waals surface area contributed by atoms with Crippen LogP contribution in [0.5, 0.6) is 5.75 Å². The zero-order valence-corrected chi connectivity index (χ0v) is 10.5. The third-order valence-corrected chi connectivity index (χ3v) is 2.53. The molecule has 2 rings (SSSR count). The van der Waals surface area contributed by atoms with Gasteiger partial charge in [0, 0.05) is 17.8 Å². The van der Waals surface area contributed by atoms with Crippen LogP contribution in [0.25, 0.3) is 0 Å². The highest BCUT2D eigenvalue weighted by Crippen LogP contribution is 2.31. The second-order valence-electron chi connectivity index (χ2n) is 3.86. The van der Waals surface area contributed by atoms with E-state index in [9.17, 15) is 10.1 Å². The van der Waals surface area contributed by atoms with Crippen LogP contribution in [0.2, 0.25) is 0 Å². The summed E-state index contributed by atoms with van der Waals surface area (Å²) in [5.41, 5.74) is 1.23. The Balaban J connectivity index is 2.35. The molecular formula is C14H14N2O3. The van der Waals surface area contributed by atoms with E-state index in [0.29, 0.717) is 18.0 Å². The fourth-order valence-corrected chi connectivity index (χ4v) is 1.71. The number of ether oxygens (including phenoxy) is 1. The van der Waals surface area contributed by atoms with Crippen LogP contribution < -0.4 is 10.1 Å². The van der Waals surface area contributed by atoms with Crippen molar-refractivity contribution in [3.05, 3.63) is 58.6 Å². The van der Waals surface area contributed by atoms with Crippen molar-refractivity contribution in [3.8, 4) is 5.75 Å². The molecule has 19 heavy (non-hydrogen) atoms. The summed E-state index contributed by atoms with van der Waals surface area (Å²) in [5.74, 6) is 0.603. The summed E-state index contributed by atoms with van der Waals surface area (Å²) in [6.07, 6.45) is 0. The minimum Gasteiger partial charge on any atom is -0.494 e. The lowest BCUT2D eigenvalue weighted by atomic mass is 10.2. The Morgan fingerprint density at radius 3 is 2.58 bits per heavy atom. The van der Waals surface area contributed by atoms with Gasteiger partial charge < -0.3 is 10.1 Å². The van der Waals surface area contributed by atoms with Gasteiger partial charge in [0.05, 0.1) is 11.5 Å². The van der Waals surface area contributed by atoms with Crippen molar-refractivity contribution in [2.75, 3.05) is 11.9 Å². The third kappa shape index (κ3) is 3.22. The van der Waals surface area contributed by atoms with Crippen molar-refractivity contribution in [2.45, 2.75) is 6.92 Å². The molecule has 5 heteroatoms. The number of nitro benzene ring substituents is 1. The maximum absolute atomic E-state index is 11.0. The van der Waals surface area contributed by atoms with Gasteiger partial charge in [-0.25, -0.2) is 0 Å². The Hall–Kier alpha value is -2.56. The summed E-state index contributed by atoms with van der Waals surface area (Å²) in [6, 6.07) is 14.0. The monoisotopic (exact) mass is 258 g/mol. The van der Waals surface area contributed by atoms with E-state index in [2.05, 4.69) is 5.32 Å². The van der Waals surface area contributed by atoms with Gasteiger partial charge >= 0.3 is 0 Å². The lowest BCUT2D eigenvalue weighted by Crippen LogP contribution is -1.99. The molecule has 2 aromatic rings. The normalized spacial score (nSPS) is 9.95. The van der Waals surface area contributed by atoms with Crippen molar-refractivity contribution in [3.63, 3.8) is 0 Å². The Kier molecular flexibility index (Phi) is 3.97. The molecule has 0 atom stereocenters. The fourth-order valence-electron chi connectivity index (χ4n) is 1.71. The van der Waals surface area contributed by atoms with Crippen LogP contribution in [0.1, 0.15) is 6.92 Å². The number of hydrogen-bond donors (Lipinski definition) is 1. The smallest absolute Gasteiger partial charge is 0.292 e. The molecule has 5 nitrogen and oxygen atoms in total. The summed E-state index contributed by atoms with van der Waals surface area (Å²) in [5, 5.41) is 14.0. The van der Waals surface area contributed by atoms with Crippen molar-refractivity contribution in [1.82, 2.24) is 0 Å². The lowest BCUT2D eigenvalue weighted by Gasteiger charge is -2.09. The van der Waals surface area contributed by atoms with Crippen LogP contribution in [-0.2, 0) is 0 Å². The van der Waals surface area contributed by atoms with E-state index in [1.54, 1.807) is 12.1 Å². The molecule has 0 aliphatic heterocycles. The minimum atomic E-state index is -0.416. The van der Waals surface area contributed by atoms with E-state index in [1.807, 2.05) is 37.3 Å². The van der Waals surface area contributed by atoms with Crippen LogP contribution in [0.4, 0.5) is 17.1 Å². The number of nitrogens with zero attached hydrogens (tertiary/aromatic N) is 1. The predicted molar refractivity (Wildman–Crippen MR) is 74.0 cm³/mol. The van der Waals surface area contributed by atoms with E-state index < -0.39 is 4.92 Å². The molecular weight excluding hydrogens is 244 g/mol. The van der Waals surface area contributed by atoms with Crippen LogP contribution in [0.3, 0.4) is 0 Å². The van der Waals surface area contributed by atoms with Crippen molar-refractivity contribution < 1.29 is 9.66 Å². The first kappa shape index (κ1) is 12.9. The highest BCUT2D eigenvalue weighted by molar-refractivity contribution is 5.71. The second kappa shape index (κ2) is 5.86. The van der Waals surface area contributed by atoms with Crippen LogP contribution >= 0.6 is 0 Å². The van der Waals surface area contributed by atoms with Crippen LogP contribution in [-0.4, -0.2) is 11.5 Å². The summed E-state index contributed by atoms with van der Waals surface area (Å²) < 4.78 is 5.36. The molecule has 0 heterocycles. The van der Waals surface area contributed by atoms with E-state index in [-0.39, 0.29) is 5.69 Å². The van der Waals surface area contributed by atoms with Crippen LogP contribution in [0.15, 0.2) is 48.5 Å². The molecule has 0 aliphatic rings. The number of nitrogens with one attached hydrogen (secondary N) is 1. The molecule has 0 unspecified atom stereocenters. The summed E-state index contributed by atoms with van der Waals surface area (Å²) in [4.78, 5) is 10.6. The molecule has 98 valence electrons. The van der Waals surface area contributed by atoms with Crippen molar-refractivity contribution in [1.29, 1.82) is 0 Å². The first-order valence-corrected chi connectivity index (χ1v) is 5.94. The standard InChI is InChI=1S/C14H14N2O3/c1-2-19-12-8-9-14(16(17)18)13(10-12)15-11-6-4-3-5-7-11/h3-10,15H,2H2,1H3. The topological polar surface area (TPSA) is 64.4 Å². The number of anilines is 2. The first-order chi connectivity index (χ1) is 9.20. The maximum atomic E-state index is 11.0. The molecule has 0 aliphatic carbocycles. The van der Waals surface area contributed by atoms with E-state index in [0.717, 1.165) is 5.69 Å². The molecule has 2 aromatic carbocycles. The van der Waals surface area contributed by atoms with Gasteiger partial charge in [-0.05, 0) is 25.1 Å². The van der Waals surface area contributed by atoms with Gasteiger partial charge in [0.25, 0.3) is 5.69 Å². The molecule has 0 spiro atoms. The quantitative estimate of drug-likeness (QED) is 0.655. The maximum Gasteiger partial charge on any atom is 0.292 e. The third-order valence-electron chi connectivity index (χ3n) is 2.53. The van der Waals surface area contributed by atoms with E-state index in [1.165, 1.54) is 6.07 Å². The van der Waals surface area contributed by atoms with Gasteiger partial charge in [-0.1, -0.05) is 18.2 Å². The van der Waals surface area contributed by atoms with Gasteiger partial charge in [-0.2, -0.15) is 0 Å². The first-order valence-electron chi connectivity index (χ1n) is 5.94. The number of nitro groups is 1. The summed E-state index contributed by atoms with van der Waals surface area (Å²) in [7, 11) is 0. The largest absolute Gasteiger partial charge is 0.494 e. The molecule has 0 radical (unpaired) electrons. The van der Waals surface area contributed by atoms with Gasteiger partial charge in [0.1, 0.15) is 11.4 Å². The molecule has 0 fully saturated rings. The SMILES string of the molecule is CCOc1ccc([N+](=O)[O-])c(Nc2ccccc2)c1. The van der Waals surface area contributed by atoms with Crippen molar-refractivity contribution >= 4 is 17.1 Å². The average molecular weight is 258 g/mol. The second-order valence-corrected chi connectivity index (χ2v) is 3.86. The summed E-state index contributed by atoms with van der Waals surface area (Å²) in [6.45, 7) is 2.38. The van der Waals surface area contributed by atoms with Gasteiger partial charge in [0.15, 0.2) is 0 Å². The van der Waals surface area contributed by atoms with Gasteiger partial charge in [-0.3, -0.25) is 10.1 Å². The minimum absolute atomic E-state index is 0.0207. The molecule has 0 bridgehead atoms. The van der Waals surface area contributed by atoms with Gasteiger partial charge in [-0.15, -0.1) is 0 Å². The number of rotatable bonds is 5. The number of benzene rings is 2. The van der Waals surface area contributed by atoms with Crippen LogP contribution in [0, 0.1) is 10.1 Å². The zero-order chi connectivity index (χ0) is 13.7. The molecule has 0 saturated carbocycles. The van der Waals surface area contributed by atoms with E-state index >= 15 is 0 Å².